The van der Waals surface area contributed by atoms with Gasteiger partial charge in [-0.05, 0) is 38.1 Å². The molecule has 1 aromatic rings. The zero-order valence-corrected chi connectivity index (χ0v) is 14.7. The van der Waals surface area contributed by atoms with Crippen LogP contribution in [-0.4, -0.2) is 43.0 Å². The van der Waals surface area contributed by atoms with Gasteiger partial charge in [-0.25, -0.2) is 0 Å². The first kappa shape index (κ1) is 17.8. The zero-order valence-electron chi connectivity index (χ0n) is 12.5. The Balaban J connectivity index is 2.00. The van der Waals surface area contributed by atoms with E-state index in [-0.39, 0.29) is 5.91 Å². The lowest BCUT2D eigenvalue weighted by molar-refractivity contribution is -0.117. The van der Waals surface area contributed by atoms with Crippen LogP contribution < -0.4 is 10.6 Å². The fourth-order valence-electron chi connectivity index (χ4n) is 2.62. The molecule has 0 aliphatic carbocycles. The van der Waals surface area contributed by atoms with Crippen molar-refractivity contribution in [3.8, 4) is 0 Å². The molecule has 4 nitrogen and oxygen atoms in total. The number of hydrogen-bond donors (Lipinski definition) is 2. The molecule has 7 heteroatoms. The molecule has 0 aromatic heterocycles. The highest BCUT2D eigenvalue weighted by molar-refractivity contribution is 6.44. The van der Waals surface area contributed by atoms with E-state index >= 15 is 0 Å². The van der Waals surface area contributed by atoms with Crippen molar-refractivity contribution in [2.24, 2.45) is 0 Å². The third kappa shape index (κ3) is 4.74. The van der Waals surface area contributed by atoms with Gasteiger partial charge in [0.05, 0.1) is 27.3 Å². The summed E-state index contributed by atoms with van der Waals surface area (Å²) in [6, 6.07) is 3.52. The number of rotatable bonds is 6. The highest BCUT2D eigenvalue weighted by Crippen LogP contribution is 2.32. The molecule has 0 radical (unpaired) electrons. The molecule has 2 rings (SSSR count). The topological polar surface area (TPSA) is 44.4 Å². The van der Waals surface area contributed by atoms with Crippen LogP contribution in [0, 0.1) is 0 Å². The predicted molar refractivity (Wildman–Crippen MR) is 93.2 cm³/mol. The molecule has 1 heterocycles. The number of hydrogen-bond acceptors (Lipinski definition) is 3. The lowest BCUT2D eigenvalue weighted by atomic mass is 10.2. The summed E-state index contributed by atoms with van der Waals surface area (Å²) in [5.74, 6) is -0.0966. The van der Waals surface area contributed by atoms with Gasteiger partial charge in [0.25, 0.3) is 0 Å². The van der Waals surface area contributed by atoms with E-state index in [0.29, 0.717) is 33.3 Å². The van der Waals surface area contributed by atoms with E-state index in [2.05, 4.69) is 22.5 Å². The van der Waals surface area contributed by atoms with Gasteiger partial charge in [0, 0.05) is 12.6 Å². The summed E-state index contributed by atoms with van der Waals surface area (Å²) in [6.07, 6.45) is 2.08. The van der Waals surface area contributed by atoms with Crippen molar-refractivity contribution in [1.29, 1.82) is 0 Å². The van der Waals surface area contributed by atoms with Gasteiger partial charge in [-0.15, -0.1) is 0 Å². The van der Waals surface area contributed by atoms with Crippen LogP contribution in [0.4, 0.5) is 5.69 Å². The summed E-state index contributed by atoms with van der Waals surface area (Å²) < 4.78 is 0. The number of halogens is 3. The fraction of sp³-hybridized carbons (Fsp3) is 0.533. The van der Waals surface area contributed by atoms with Crippen molar-refractivity contribution < 1.29 is 4.79 Å². The third-order valence-corrected chi connectivity index (χ3v) is 4.73. The fourth-order valence-corrected chi connectivity index (χ4v) is 3.22. The van der Waals surface area contributed by atoms with Crippen molar-refractivity contribution >= 4 is 46.4 Å². The molecule has 1 aliphatic heterocycles. The zero-order chi connectivity index (χ0) is 16.1. The maximum Gasteiger partial charge on any atom is 0.238 e. The summed E-state index contributed by atoms with van der Waals surface area (Å²) in [4.78, 5) is 14.5. The summed E-state index contributed by atoms with van der Waals surface area (Å²) in [5.41, 5.74) is 0.488. The molecule has 1 aliphatic rings. The van der Waals surface area contributed by atoms with E-state index < -0.39 is 0 Å². The Morgan fingerprint density at radius 3 is 2.68 bits per heavy atom. The molecule has 0 bridgehead atoms. The van der Waals surface area contributed by atoms with E-state index in [4.69, 9.17) is 34.8 Å². The monoisotopic (exact) mass is 363 g/mol. The van der Waals surface area contributed by atoms with Gasteiger partial charge in [0.1, 0.15) is 0 Å². The van der Waals surface area contributed by atoms with Crippen molar-refractivity contribution in [1.82, 2.24) is 10.2 Å². The number of benzene rings is 1. The van der Waals surface area contributed by atoms with Crippen LogP contribution in [0.15, 0.2) is 12.1 Å². The first-order valence-electron chi connectivity index (χ1n) is 7.40. The van der Waals surface area contributed by atoms with E-state index in [1.54, 1.807) is 6.07 Å². The highest BCUT2D eigenvalue weighted by Gasteiger charge is 2.23. The van der Waals surface area contributed by atoms with Gasteiger partial charge in [0.15, 0.2) is 0 Å². The molecule has 1 unspecified atom stereocenters. The van der Waals surface area contributed by atoms with Crippen LogP contribution in [-0.2, 0) is 4.79 Å². The van der Waals surface area contributed by atoms with E-state index in [9.17, 15) is 4.79 Å². The largest absolute Gasteiger partial charge is 0.324 e. The second-order valence-electron chi connectivity index (χ2n) is 5.41. The number of carbonyl (C=O) groups excluding carboxylic acids is 1. The minimum Gasteiger partial charge on any atom is -0.324 e. The quantitative estimate of drug-likeness (QED) is 0.757. The van der Waals surface area contributed by atoms with Gasteiger partial charge in [-0.2, -0.15) is 0 Å². The first-order valence-corrected chi connectivity index (χ1v) is 8.53. The second kappa shape index (κ2) is 8.37. The Morgan fingerprint density at radius 1 is 1.32 bits per heavy atom. The first-order chi connectivity index (χ1) is 10.5. The molecule has 1 atom stereocenters. The van der Waals surface area contributed by atoms with E-state index in [1.165, 1.54) is 6.07 Å². The molecule has 1 saturated heterocycles. The Kier molecular flexibility index (Phi) is 6.78. The summed E-state index contributed by atoms with van der Waals surface area (Å²) in [5, 5.41) is 7.26. The van der Waals surface area contributed by atoms with Crippen LogP contribution in [0.5, 0.6) is 0 Å². The minimum atomic E-state index is -0.0966. The smallest absolute Gasteiger partial charge is 0.238 e. The van der Waals surface area contributed by atoms with Crippen molar-refractivity contribution in [2.45, 2.75) is 25.8 Å². The SMILES string of the molecule is CCCN(CC(=O)Nc1cc(Cl)c(Cl)cc1Cl)C1CCNC1. The van der Waals surface area contributed by atoms with Crippen LogP contribution in [0.1, 0.15) is 19.8 Å². The van der Waals surface area contributed by atoms with Gasteiger partial charge in [-0.1, -0.05) is 41.7 Å². The highest BCUT2D eigenvalue weighted by atomic mass is 35.5. The number of amides is 1. The van der Waals surface area contributed by atoms with Crippen molar-refractivity contribution in [2.75, 3.05) is 31.5 Å². The Hall–Kier alpha value is -0.520. The summed E-state index contributed by atoms with van der Waals surface area (Å²) in [7, 11) is 0. The number of nitrogens with one attached hydrogen (secondary N) is 2. The van der Waals surface area contributed by atoms with Gasteiger partial charge >= 0.3 is 0 Å². The second-order valence-corrected chi connectivity index (χ2v) is 6.63. The third-order valence-electron chi connectivity index (χ3n) is 3.69. The number of carbonyl (C=O) groups is 1. The minimum absolute atomic E-state index is 0.0966. The molecule has 1 aromatic carbocycles. The molecular weight excluding hydrogens is 345 g/mol. The van der Waals surface area contributed by atoms with Crippen LogP contribution in [0.2, 0.25) is 15.1 Å². The lowest BCUT2D eigenvalue weighted by Gasteiger charge is -2.27. The normalized spacial score (nSPS) is 18.0. The molecule has 2 N–H and O–H groups in total. The van der Waals surface area contributed by atoms with Gasteiger partial charge in [-0.3, -0.25) is 9.69 Å². The van der Waals surface area contributed by atoms with Crippen LogP contribution >= 0.6 is 34.8 Å². The molecule has 1 amide bonds. The molecule has 122 valence electrons. The predicted octanol–water partition coefficient (Wildman–Crippen LogP) is 3.66. The standard InChI is InChI=1S/C15H20Cl3N3O/c1-2-5-21(10-3-4-19-8-10)9-15(22)20-14-7-12(17)11(16)6-13(14)18/h6-7,10,19H,2-5,8-9H2,1H3,(H,20,22). The van der Waals surface area contributed by atoms with Gasteiger partial charge < -0.3 is 10.6 Å². The summed E-state index contributed by atoms with van der Waals surface area (Å²) >= 11 is 17.9. The van der Waals surface area contributed by atoms with Gasteiger partial charge in [0.2, 0.25) is 5.91 Å². The average molecular weight is 365 g/mol. The molecule has 0 saturated carbocycles. The molecular formula is C15H20Cl3N3O. The molecule has 22 heavy (non-hydrogen) atoms. The number of anilines is 1. The Labute approximate surface area is 146 Å². The maximum atomic E-state index is 12.3. The van der Waals surface area contributed by atoms with Crippen LogP contribution in [0.25, 0.3) is 0 Å². The average Bonchev–Trinajstić information content (AvgIpc) is 2.98. The molecule has 1 fully saturated rings. The maximum absolute atomic E-state index is 12.3. The van der Waals surface area contributed by atoms with E-state index in [0.717, 1.165) is 32.5 Å². The Bertz CT molecular complexity index is 533. The Morgan fingerprint density at radius 2 is 2.05 bits per heavy atom. The van der Waals surface area contributed by atoms with Crippen molar-refractivity contribution in [3.63, 3.8) is 0 Å². The van der Waals surface area contributed by atoms with E-state index in [1.807, 2.05) is 0 Å². The van der Waals surface area contributed by atoms with Crippen LogP contribution in [0.3, 0.4) is 0 Å². The molecule has 0 spiro atoms. The number of nitrogens with zero attached hydrogens (tertiary/aromatic N) is 1. The summed E-state index contributed by atoms with van der Waals surface area (Å²) in [6.45, 7) is 5.29. The van der Waals surface area contributed by atoms with Crippen molar-refractivity contribution in [3.05, 3.63) is 27.2 Å². The lowest BCUT2D eigenvalue weighted by Crippen LogP contribution is -2.42.